The van der Waals surface area contributed by atoms with Gasteiger partial charge >= 0.3 is 0 Å². The highest BCUT2D eigenvalue weighted by molar-refractivity contribution is 6.07. The number of carbonyl (C=O) groups excluding carboxylic acids is 1. The van der Waals surface area contributed by atoms with Crippen LogP contribution in [0.2, 0.25) is 0 Å². The van der Waals surface area contributed by atoms with Crippen LogP contribution in [0.5, 0.6) is 0 Å². The van der Waals surface area contributed by atoms with Gasteiger partial charge in [0.25, 0.3) is 0 Å². The maximum atomic E-state index is 12.3. The zero-order chi connectivity index (χ0) is 13.1. The summed E-state index contributed by atoms with van der Waals surface area (Å²) in [6, 6.07) is 20.0. The van der Waals surface area contributed by atoms with Gasteiger partial charge in [0.15, 0.2) is 5.78 Å². The van der Waals surface area contributed by atoms with Crippen molar-refractivity contribution in [3.8, 4) is 0 Å². The minimum Gasteiger partial charge on any atom is -0.294 e. The normalized spacial score (nSPS) is 18.2. The van der Waals surface area contributed by atoms with E-state index in [1.165, 1.54) is 0 Å². The number of ketones is 1. The molecule has 0 radical (unpaired) electrons. The first-order valence-electron chi connectivity index (χ1n) is 6.39. The van der Waals surface area contributed by atoms with Gasteiger partial charge in [-0.25, -0.2) is 0 Å². The summed E-state index contributed by atoms with van der Waals surface area (Å²) in [4.78, 5) is 12.3. The topological polar surface area (TPSA) is 17.1 Å². The monoisotopic (exact) mass is 246 g/mol. The fourth-order valence-electron chi connectivity index (χ4n) is 2.48. The highest BCUT2D eigenvalue weighted by Gasteiger charge is 2.25. The van der Waals surface area contributed by atoms with E-state index in [1.807, 2.05) is 72.8 Å². The summed E-state index contributed by atoms with van der Waals surface area (Å²) in [6.07, 6.45) is 5.53. The fourth-order valence-corrected chi connectivity index (χ4v) is 2.48. The highest BCUT2D eigenvalue weighted by Crippen LogP contribution is 2.35. The molecule has 19 heavy (non-hydrogen) atoms. The molecule has 1 aliphatic rings. The molecule has 1 aliphatic carbocycles. The Morgan fingerprint density at radius 2 is 1.42 bits per heavy atom. The van der Waals surface area contributed by atoms with Crippen molar-refractivity contribution in [1.82, 2.24) is 0 Å². The van der Waals surface area contributed by atoms with Gasteiger partial charge < -0.3 is 0 Å². The largest absolute Gasteiger partial charge is 0.294 e. The smallest absolute Gasteiger partial charge is 0.167 e. The molecule has 92 valence electrons. The van der Waals surface area contributed by atoms with Crippen molar-refractivity contribution < 1.29 is 4.79 Å². The molecule has 0 N–H and O–H groups in total. The zero-order valence-corrected chi connectivity index (χ0v) is 10.5. The van der Waals surface area contributed by atoms with E-state index >= 15 is 0 Å². The molecule has 0 spiro atoms. The molecular weight excluding hydrogens is 232 g/mol. The van der Waals surface area contributed by atoms with Crippen molar-refractivity contribution in [2.75, 3.05) is 0 Å². The van der Waals surface area contributed by atoms with E-state index in [-0.39, 0.29) is 11.7 Å². The number of rotatable bonds is 2. The number of hydrogen-bond donors (Lipinski definition) is 0. The third-order valence-corrected chi connectivity index (χ3v) is 3.37. The van der Waals surface area contributed by atoms with Crippen LogP contribution in [0.3, 0.4) is 0 Å². The standard InChI is InChI=1S/C18H14O/c19-17-13-7-12-16(14-8-3-1-4-9-14)18(17)15-10-5-2-6-11-15/h1-13,18H. The summed E-state index contributed by atoms with van der Waals surface area (Å²) < 4.78 is 0. The van der Waals surface area contributed by atoms with Crippen LogP contribution in [0.25, 0.3) is 5.57 Å². The van der Waals surface area contributed by atoms with Gasteiger partial charge in [-0.15, -0.1) is 0 Å². The third-order valence-electron chi connectivity index (χ3n) is 3.37. The first-order valence-corrected chi connectivity index (χ1v) is 6.39. The second-order valence-corrected chi connectivity index (χ2v) is 4.59. The lowest BCUT2D eigenvalue weighted by molar-refractivity contribution is -0.114. The number of hydrogen-bond acceptors (Lipinski definition) is 1. The average Bonchev–Trinajstić information content (AvgIpc) is 2.49. The predicted molar refractivity (Wildman–Crippen MR) is 77.7 cm³/mol. The van der Waals surface area contributed by atoms with Gasteiger partial charge in [-0.05, 0) is 22.8 Å². The van der Waals surface area contributed by atoms with E-state index in [0.717, 1.165) is 16.7 Å². The summed E-state index contributed by atoms with van der Waals surface area (Å²) in [5, 5.41) is 0. The van der Waals surface area contributed by atoms with Gasteiger partial charge in [-0.1, -0.05) is 72.8 Å². The molecule has 0 aliphatic heterocycles. The second-order valence-electron chi connectivity index (χ2n) is 4.59. The number of allylic oxidation sites excluding steroid dienone is 4. The van der Waals surface area contributed by atoms with Crippen LogP contribution in [0, 0.1) is 0 Å². The Bertz CT molecular complexity index is 636. The molecule has 3 rings (SSSR count). The van der Waals surface area contributed by atoms with E-state index in [1.54, 1.807) is 6.08 Å². The minimum absolute atomic E-state index is 0.146. The zero-order valence-electron chi connectivity index (χ0n) is 10.5. The molecule has 0 heterocycles. The van der Waals surface area contributed by atoms with Crippen LogP contribution in [0.15, 0.2) is 78.9 Å². The van der Waals surface area contributed by atoms with Gasteiger partial charge in [-0.3, -0.25) is 4.79 Å². The van der Waals surface area contributed by atoms with Crippen molar-refractivity contribution in [1.29, 1.82) is 0 Å². The minimum atomic E-state index is -0.186. The Labute approximate surface area is 112 Å². The van der Waals surface area contributed by atoms with E-state index in [0.29, 0.717) is 0 Å². The quantitative estimate of drug-likeness (QED) is 0.783. The Kier molecular flexibility index (Phi) is 3.11. The summed E-state index contributed by atoms with van der Waals surface area (Å²) in [6.45, 7) is 0. The molecule has 0 saturated heterocycles. The summed E-state index contributed by atoms with van der Waals surface area (Å²) in [5.74, 6) is -0.0406. The van der Waals surface area contributed by atoms with E-state index in [9.17, 15) is 4.79 Å². The van der Waals surface area contributed by atoms with E-state index < -0.39 is 0 Å². The lowest BCUT2D eigenvalue weighted by Gasteiger charge is -2.21. The molecule has 2 aromatic carbocycles. The Hall–Kier alpha value is -2.41. The van der Waals surface area contributed by atoms with Crippen molar-refractivity contribution >= 4 is 11.4 Å². The predicted octanol–water partition coefficient (Wildman–Crippen LogP) is 3.99. The molecule has 1 atom stereocenters. The van der Waals surface area contributed by atoms with Gasteiger partial charge in [-0.2, -0.15) is 0 Å². The molecule has 1 heteroatoms. The summed E-state index contributed by atoms with van der Waals surface area (Å²) in [7, 11) is 0. The summed E-state index contributed by atoms with van der Waals surface area (Å²) >= 11 is 0. The van der Waals surface area contributed by atoms with Crippen LogP contribution < -0.4 is 0 Å². The molecule has 0 bridgehead atoms. The van der Waals surface area contributed by atoms with Crippen molar-refractivity contribution in [3.05, 3.63) is 90.0 Å². The SMILES string of the molecule is O=C1C=CC=C(c2ccccc2)C1c1ccccc1. The third kappa shape index (κ3) is 2.27. The lowest BCUT2D eigenvalue weighted by Crippen LogP contribution is -2.14. The molecule has 1 unspecified atom stereocenters. The maximum absolute atomic E-state index is 12.3. The van der Waals surface area contributed by atoms with Crippen LogP contribution >= 0.6 is 0 Å². The Balaban J connectivity index is 2.09. The second kappa shape index (κ2) is 5.07. The molecule has 0 amide bonds. The van der Waals surface area contributed by atoms with Crippen LogP contribution in [0.1, 0.15) is 17.0 Å². The number of carbonyl (C=O) groups is 1. The van der Waals surface area contributed by atoms with E-state index in [4.69, 9.17) is 0 Å². The molecule has 0 aromatic heterocycles. The number of benzene rings is 2. The lowest BCUT2D eigenvalue weighted by atomic mass is 9.81. The summed E-state index contributed by atoms with van der Waals surface area (Å²) in [5.41, 5.74) is 3.22. The van der Waals surface area contributed by atoms with Gasteiger partial charge in [0.2, 0.25) is 0 Å². The van der Waals surface area contributed by atoms with Gasteiger partial charge in [0.05, 0.1) is 5.92 Å². The molecular formula is C18H14O. The van der Waals surface area contributed by atoms with Crippen molar-refractivity contribution in [3.63, 3.8) is 0 Å². The van der Waals surface area contributed by atoms with Crippen LogP contribution in [0.4, 0.5) is 0 Å². The van der Waals surface area contributed by atoms with E-state index in [2.05, 4.69) is 0 Å². The molecule has 0 saturated carbocycles. The van der Waals surface area contributed by atoms with Crippen LogP contribution in [-0.4, -0.2) is 5.78 Å². The van der Waals surface area contributed by atoms with Crippen LogP contribution in [-0.2, 0) is 4.79 Å². The molecule has 1 nitrogen and oxygen atoms in total. The van der Waals surface area contributed by atoms with Crippen molar-refractivity contribution in [2.24, 2.45) is 0 Å². The molecule has 2 aromatic rings. The first-order chi connectivity index (χ1) is 9.36. The average molecular weight is 246 g/mol. The Morgan fingerprint density at radius 3 is 2.11 bits per heavy atom. The first kappa shape index (κ1) is 11.7. The van der Waals surface area contributed by atoms with Gasteiger partial charge in [0.1, 0.15) is 0 Å². The highest BCUT2D eigenvalue weighted by atomic mass is 16.1. The fraction of sp³-hybridized carbons (Fsp3) is 0.0556. The maximum Gasteiger partial charge on any atom is 0.167 e. The van der Waals surface area contributed by atoms with Gasteiger partial charge in [0, 0.05) is 0 Å². The molecule has 0 fully saturated rings. The van der Waals surface area contributed by atoms with Crippen molar-refractivity contribution in [2.45, 2.75) is 5.92 Å². The Morgan fingerprint density at radius 1 is 0.789 bits per heavy atom.